The number of rotatable bonds is 1. The molecule has 0 aliphatic heterocycles. The number of nitrogen functional groups attached to an aromatic ring is 2. The van der Waals surface area contributed by atoms with Crippen LogP contribution in [0.4, 0.5) is 10.2 Å². The summed E-state index contributed by atoms with van der Waals surface area (Å²) in [6.07, 6.45) is 1.55. The molecule has 0 aliphatic rings. The van der Waals surface area contributed by atoms with Crippen molar-refractivity contribution < 1.29 is 22.0 Å². The van der Waals surface area contributed by atoms with Gasteiger partial charge in [-0.05, 0) is 50.5 Å². The normalized spacial score (nSPS) is 10.9. The summed E-state index contributed by atoms with van der Waals surface area (Å²) in [6, 6.07) is 4.72. The molecule has 0 radical (unpaired) electrons. The lowest BCUT2D eigenvalue weighted by molar-refractivity contribution is -0.625. The number of halogens is 1. The summed E-state index contributed by atoms with van der Waals surface area (Å²) in [5.41, 5.74) is 7.96. The average molecular weight is 341 g/mol. The first kappa shape index (κ1) is 18.9. The van der Waals surface area contributed by atoms with Crippen molar-refractivity contribution in [3.63, 3.8) is 0 Å². The highest BCUT2D eigenvalue weighted by atomic mass is 32.2. The molecule has 0 aliphatic carbocycles. The smallest absolute Gasteiger partial charge is 0.332 e. The molecule has 2 aromatic rings. The highest BCUT2D eigenvalue weighted by molar-refractivity contribution is 7.85. The Bertz CT molecular complexity index is 790. The van der Waals surface area contributed by atoms with E-state index in [9.17, 15) is 17.4 Å². The standard InChI is InChI=1S/C9H12O3S.C6H8FN3/c1-6-4-7(2)9(8(3)5-6)13(10,11)12;1-4-2-5(7)6(8)10(9)3-4/h4-5H,1-3H3,(H,10,11,12);2-3,8H,9H2,1H3. The Morgan fingerprint density at radius 1 is 1.04 bits per heavy atom. The first-order valence-electron chi connectivity index (χ1n) is 6.69. The van der Waals surface area contributed by atoms with Crippen molar-refractivity contribution in [3.8, 4) is 0 Å². The van der Waals surface area contributed by atoms with Gasteiger partial charge in [0.25, 0.3) is 0 Å². The van der Waals surface area contributed by atoms with Gasteiger partial charge >= 0.3 is 5.82 Å². The third kappa shape index (κ3) is 4.90. The Morgan fingerprint density at radius 2 is 1.52 bits per heavy atom. The molecule has 0 saturated carbocycles. The predicted molar refractivity (Wildman–Crippen MR) is 84.5 cm³/mol. The van der Waals surface area contributed by atoms with E-state index in [1.807, 2.05) is 6.92 Å². The number of pyridine rings is 1. The van der Waals surface area contributed by atoms with Crippen LogP contribution >= 0.6 is 0 Å². The van der Waals surface area contributed by atoms with Crippen molar-refractivity contribution in [2.24, 2.45) is 0 Å². The van der Waals surface area contributed by atoms with Crippen molar-refractivity contribution in [1.82, 2.24) is 0 Å². The number of hydrogen-bond donors (Lipinski definition) is 2. The summed E-state index contributed by atoms with van der Waals surface area (Å²) in [7, 11) is -4.33. The van der Waals surface area contributed by atoms with Gasteiger partial charge in [0.2, 0.25) is 5.82 Å². The Balaban J connectivity index is 0.000000238. The van der Waals surface area contributed by atoms with Crippen LogP contribution in [0.1, 0.15) is 22.3 Å². The number of nitrogens with zero attached hydrogens (tertiary/aromatic N) is 1. The second-order valence-electron chi connectivity index (χ2n) is 5.34. The number of aryl methyl sites for hydroxylation is 4. The highest BCUT2D eigenvalue weighted by Gasteiger charge is 2.09. The molecule has 0 spiro atoms. The fourth-order valence-corrected chi connectivity index (χ4v) is 3.19. The minimum absolute atomic E-state index is 0.0504. The van der Waals surface area contributed by atoms with E-state index in [1.54, 1.807) is 39.1 Å². The molecule has 126 valence electrons. The van der Waals surface area contributed by atoms with Crippen LogP contribution in [0.3, 0.4) is 0 Å². The molecule has 0 unspecified atom stereocenters. The van der Waals surface area contributed by atoms with Crippen LogP contribution in [0.5, 0.6) is 0 Å². The lowest BCUT2D eigenvalue weighted by Gasteiger charge is -2.14. The molecule has 0 bridgehead atoms. The molecule has 4 N–H and O–H groups in total. The molecular formula is C15H20FN3O3S. The van der Waals surface area contributed by atoms with Gasteiger partial charge in [0.1, 0.15) is 16.3 Å². The quantitative estimate of drug-likeness (QED) is 0.460. The van der Waals surface area contributed by atoms with Crippen LogP contribution in [0.15, 0.2) is 29.3 Å². The van der Waals surface area contributed by atoms with Gasteiger partial charge in [-0.25, -0.2) is 8.42 Å². The van der Waals surface area contributed by atoms with Crippen LogP contribution in [0.25, 0.3) is 0 Å². The lowest BCUT2D eigenvalue weighted by Crippen LogP contribution is -2.47. The molecule has 1 heterocycles. The molecule has 0 fully saturated rings. The summed E-state index contributed by atoms with van der Waals surface area (Å²) >= 11 is 0. The summed E-state index contributed by atoms with van der Waals surface area (Å²) in [5, 5.41) is 0. The zero-order valence-corrected chi connectivity index (χ0v) is 14.2. The number of anilines is 1. The van der Waals surface area contributed by atoms with E-state index in [4.69, 9.17) is 11.6 Å². The SMILES string of the molecule is Cc1cc(C)c(S(=O)(=O)[O-])c(C)c1.Cc1cc(F)c(N)[n+](N)c1. The zero-order valence-electron chi connectivity index (χ0n) is 13.4. The van der Waals surface area contributed by atoms with Crippen molar-refractivity contribution in [2.75, 3.05) is 11.6 Å². The first-order valence-corrected chi connectivity index (χ1v) is 8.10. The van der Waals surface area contributed by atoms with Crippen LogP contribution in [-0.4, -0.2) is 13.0 Å². The summed E-state index contributed by atoms with van der Waals surface area (Å²) in [4.78, 5) is -0.0851. The van der Waals surface area contributed by atoms with Crippen LogP contribution in [0, 0.1) is 33.5 Å². The van der Waals surface area contributed by atoms with Crippen molar-refractivity contribution in [1.29, 1.82) is 0 Å². The number of nitrogens with two attached hydrogens (primary N) is 2. The van der Waals surface area contributed by atoms with Crippen molar-refractivity contribution >= 4 is 15.9 Å². The van der Waals surface area contributed by atoms with Crippen LogP contribution in [-0.2, 0) is 10.1 Å². The second-order valence-corrected chi connectivity index (χ2v) is 6.66. The van der Waals surface area contributed by atoms with Crippen molar-refractivity contribution in [2.45, 2.75) is 32.6 Å². The van der Waals surface area contributed by atoms with Gasteiger partial charge in [-0.3, -0.25) is 11.6 Å². The molecule has 1 aromatic carbocycles. The fourth-order valence-electron chi connectivity index (χ4n) is 2.28. The first-order chi connectivity index (χ1) is 10.4. The number of hydrogen-bond acceptors (Lipinski definition) is 5. The van der Waals surface area contributed by atoms with Gasteiger partial charge in [0, 0.05) is 0 Å². The molecule has 0 saturated heterocycles. The van der Waals surface area contributed by atoms with E-state index < -0.39 is 15.9 Å². The molecule has 23 heavy (non-hydrogen) atoms. The Hall–Kier alpha value is -2.19. The van der Waals surface area contributed by atoms with E-state index in [-0.39, 0.29) is 10.7 Å². The molecule has 1 aromatic heterocycles. The van der Waals surface area contributed by atoms with E-state index in [2.05, 4.69) is 0 Å². The maximum atomic E-state index is 12.6. The topological polar surface area (TPSA) is 113 Å². The van der Waals surface area contributed by atoms with E-state index in [1.165, 1.54) is 6.07 Å². The van der Waals surface area contributed by atoms with Crippen LogP contribution in [0.2, 0.25) is 0 Å². The maximum absolute atomic E-state index is 12.6. The highest BCUT2D eigenvalue weighted by Crippen LogP contribution is 2.20. The van der Waals surface area contributed by atoms with Gasteiger partial charge in [-0.2, -0.15) is 4.39 Å². The van der Waals surface area contributed by atoms with E-state index in [0.29, 0.717) is 11.1 Å². The Labute approximate surface area is 135 Å². The zero-order chi connectivity index (χ0) is 17.9. The van der Waals surface area contributed by atoms with Gasteiger partial charge in [-0.1, -0.05) is 17.7 Å². The minimum atomic E-state index is -4.33. The monoisotopic (exact) mass is 341 g/mol. The van der Waals surface area contributed by atoms with Crippen molar-refractivity contribution in [3.05, 3.63) is 52.5 Å². The summed E-state index contributed by atoms with van der Waals surface area (Å²) in [6.45, 7) is 6.86. The third-order valence-electron chi connectivity index (χ3n) is 3.07. The summed E-state index contributed by atoms with van der Waals surface area (Å²) < 4.78 is 46.2. The third-order valence-corrected chi connectivity index (χ3v) is 4.22. The van der Waals surface area contributed by atoms with Gasteiger partial charge < -0.3 is 4.55 Å². The number of aromatic nitrogens is 1. The molecule has 6 nitrogen and oxygen atoms in total. The molecule has 0 amide bonds. The number of benzene rings is 1. The molecular weight excluding hydrogens is 321 g/mol. The van der Waals surface area contributed by atoms with Gasteiger partial charge in [0.05, 0.1) is 4.90 Å². The van der Waals surface area contributed by atoms with E-state index in [0.717, 1.165) is 15.8 Å². The second kappa shape index (κ2) is 6.93. The molecule has 8 heteroatoms. The van der Waals surface area contributed by atoms with E-state index >= 15 is 0 Å². The predicted octanol–water partition coefficient (Wildman–Crippen LogP) is 1.23. The van der Waals surface area contributed by atoms with Gasteiger partial charge in [0.15, 0.2) is 0 Å². The Kier molecular flexibility index (Phi) is 5.68. The van der Waals surface area contributed by atoms with Gasteiger partial charge in [-0.15, -0.1) is 4.68 Å². The fraction of sp³-hybridized carbons (Fsp3) is 0.267. The molecule has 2 rings (SSSR count). The molecule has 0 atom stereocenters. The largest absolute Gasteiger partial charge is 0.744 e. The maximum Gasteiger partial charge on any atom is 0.332 e. The minimum Gasteiger partial charge on any atom is -0.744 e. The lowest BCUT2D eigenvalue weighted by atomic mass is 10.1. The Morgan fingerprint density at radius 3 is 1.91 bits per heavy atom. The average Bonchev–Trinajstić information content (AvgIpc) is 2.33. The van der Waals surface area contributed by atoms with Crippen LogP contribution < -0.4 is 16.3 Å². The summed E-state index contributed by atoms with van der Waals surface area (Å²) in [5.74, 6) is 4.74.